The Morgan fingerprint density at radius 2 is 1.77 bits per heavy atom. The Morgan fingerprint density at radius 3 is 2.35 bits per heavy atom. The van der Waals surface area contributed by atoms with Gasteiger partial charge in [0.2, 0.25) is 7.37 Å². The molecule has 7 heteroatoms. The predicted octanol–water partition coefficient (Wildman–Crippen LogP) is 4.09. The molecule has 1 atom stereocenters. The summed E-state index contributed by atoms with van der Waals surface area (Å²) in [6, 6.07) is 7.78. The fourth-order valence-electron chi connectivity index (χ4n) is 2.77. The van der Waals surface area contributed by atoms with E-state index < -0.39 is 14.5 Å². The van der Waals surface area contributed by atoms with Crippen LogP contribution in [-0.4, -0.2) is 43.9 Å². The summed E-state index contributed by atoms with van der Waals surface area (Å²) < 4.78 is 35.9. The van der Waals surface area contributed by atoms with Crippen LogP contribution in [-0.2, 0) is 18.4 Å². The normalized spacial score (nSPS) is 20.8. The number of hydrogen-bond acceptors (Lipinski definition) is 5. The highest BCUT2D eigenvalue weighted by atomic mass is 31.2. The van der Waals surface area contributed by atoms with Crippen LogP contribution in [0.15, 0.2) is 24.3 Å². The van der Waals surface area contributed by atoms with E-state index in [0.717, 1.165) is 11.2 Å². The summed E-state index contributed by atoms with van der Waals surface area (Å²) in [5.41, 5.74) is 0.208. The Labute approximate surface area is 158 Å². The molecule has 1 aliphatic heterocycles. The molecule has 26 heavy (non-hydrogen) atoms. The van der Waals surface area contributed by atoms with Gasteiger partial charge in [0.15, 0.2) is 0 Å². The first-order valence-corrected chi connectivity index (χ1v) is 11.4. The van der Waals surface area contributed by atoms with E-state index in [0.29, 0.717) is 32.0 Å². The Bertz CT molecular complexity index is 631. The van der Waals surface area contributed by atoms with Crippen molar-refractivity contribution in [2.45, 2.75) is 59.2 Å². The van der Waals surface area contributed by atoms with Crippen molar-refractivity contribution >= 4 is 20.0 Å². The van der Waals surface area contributed by atoms with Gasteiger partial charge in [-0.2, -0.15) is 0 Å². The molecule has 1 aromatic carbocycles. The first-order chi connectivity index (χ1) is 12.1. The van der Waals surface area contributed by atoms with Gasteiger partial charge in [-0.25, -0.2) is 0 Å². The first-order valence-electron chi connectivity index (χ1n) is 9.43. The first kappa shape index (κ1) is 21.5. The molecule has 1 saturated heterocycles. The second-order valence-electron chi connectivity index (χ2n) is 7.63. The summed E-state index contributed by atoms with van der Waals surface area (Å²) >= 11 is 0. The number of hydrogen-bond donors (Lipinski definition) is 0. The molecule has 5 nitrogen and oxygen atoms in total. The van der Waals surface area contributed by atoms with Crippen LogP contribution in [0.4, 0.5) is 0 Å². The zero-order chi connectivity index (χ0) is 19.4. The maximum absolute atomic E-state index is 12.4. The van der Waals surface area contributed by atoms with Crippen molar-refractivity contribution in [3.05, 3.63) is 24.3 Å². The van der Waals surface area contributed by atoms with E-state index in [1.165, 1.54) is 0 Å². The highest BCUT2D eigenvalue weighted by Crippen LogP contribution is 2.46. The predicted molar refractivity (Wildman–Crippen MR) is 107 cm³/mol. The van der Waals surface area contributed by atoms with Gasteiger partial charge < -0.3 is 18.6 Å². The zero-order valence-electron chi connectivity index (χ0n) is 16.9. The van der Waals surface area contributed by atoms with E-state index >= 15 is 0 Å². The minimum Gasteiger partial charge on any atom is -0.494 e. The summed E-state index contributed by atoms with van der Waals surface area (Å²) in [4.78, 5) is 0. The highest BCUT2D eigenvalue weighted by Gasteiger charge is 2.51. The van der Waals surface area contributed by atoms with Crippen LogP contribution in [0.25, 0.3) is 0 Å². The van der Waals surface area contributed by atoms with Crippen molar-refractivity contribution in [1.29, 1.82) is 0 Å². The molecule has 0 saturated carbocycles. The molecule has 0 spiro atoms. The smallest absolute Gasteiger partial charge is 0.494 e. The second-order valence-corrected chi connectivity index (χ2v) is 10.6. The number of ether oxygens (including phenoxy) is 1. The molecular formula is C19H32BO5P. The van der Waals surface area contributed by atoms with Gasteiger partial charge in [-0.05, 0) is 58.6 Å². The monoisotopic (exact) mass is 382 g/mol. The van der Waals surface area contributed by atoms with Crippen molar-refractivity contribution in [1.82, 2.24) is 0 Å². The SMILES string of the molecule is CCOP(=O)(CC)CCCOc1cccc(B2OC(C)(C)C(C)(C)O2)c1. The van der Waals surface area contributed by atoms with Gasteiger partial charge in [0.25, 0.3) is 0 Å². The lowest BCUT2D eigenvalue weighted by Crippen LogP contribution is -2.41. The maximum atomic E-state index is 12.4. The topological polar surface area (TPSA) is 54.0 Å². The molecule has 0 radical (unpaired) electrons. The van der Waals surface area contributed by atoms with Gasteiger partial charge in [0.05, 0.1) is 24.4 Å². The Morgan fingerprint density at radius 1 is 1.12 bits per heavy atom. The quantitative estimate of drug-likeness (QED) is 0.366. The molecule has 1 heterocycles. The minimum atomic E-state index is -2.50. The van der Waals surface area contributed by atoms with Gasteiger partial charge in [-0.3, -0.25) is 4.57 Å². The molecule has 146 valence electrons. The van der Waals surface area contributed by atoms with E-state index in [2.05, 4.69) is 0 Å². The van der Waals surface area contributed by atoms with E-state index in [4.69, 9.17) is 18.6 Å². The molecule has 0 aromatic heterocycles. The molecule has 0 bridgehead atoms. The van der Waals surface area contributed by atoms with Crippen molar-refractivity contribution in [3.63, 3.8) is 0 Å². The molecule has 1 aromatic rings. The van der Waals surface area contributed by atoms with Gasteiger partial charge in [0.1, 0.15) is 5.75 Å². The van der Waals surface area contributed by atoms with Crippen LogP contribution in [0, 0.1) is 0 Å². The second kappa shape index (κ2) is 8.47. The average Bonchev–Trinajstić information content (AvgIpc) is 2.80. The molecular weight excluding hydrogens is 350 g/mol. The number of rotatable bonds is 9. The molecule has 0 aliphatic carbocycles. The van der Waals surface area contributed by atoms with Crippen LogP contribution in [0.3, 0.4) is 0 Å². The summed E-state index contributed by atoms with van der Waals surface area (Å²) in [6.45, 7) is 12.9. The summed E-state index contributed by atoms with van der Waals surface area (Å²) in [6.07, 6.45) is 1.82. The van der Waals surface area contributed by atoms with Crippen LogP contribution >= 0.6 is 7.37 Å². The summed E-state index contributed by atoms with van der Waals surface area (Å²) in [7, 11) is -2.90. The van der Waals surface area contributed by atoms with Gasteiger partial charge >= 0.3 is 7.12 Å². The molecule has 1 unspecified atom stereocenters. The molecule has 0 amide bonds. The average molecular weight is 382 g/mol. The van der Waals surface area contributed by atoms with Crippen molar-refractivity contribution in [2.24, 2.45) is 0 Å². The van der Waals surface area contributed by atoms with E-state index in [9.17, 15) is 4.57 Å². The summed E-state index contributed by atoms with van der Waals surface area (Å²) in [5.74, 6) is 0.764. The Kier molecular flexibility index (Phi) is 7.00. The molecule has 1 aliphatic rings. The van der Waals surface area contributed by atoms with Gasteiger partial charge in [-0.1, -0.05) is 19.1 Å². The van der Waals surface area contributed by atoms with Crippen LogP contribution in [0.1, 0.15) is 48.0 Å². The van der Waals surface area contributed by atoms with Crippen LogP contribution in [0.5, 0.6) is 5.75 Å². The van der Waals surface area contributed by atoms with Crippen LogP contribution < -0.4 is 10.2 Å². The summed E-state index contributed by atoms with van der Waals surface area (Å²) in [5, 5.41) is 0. The standard InChI is InChI=1S/C19H32BO5P/c1-7-23-26(21,8-2)14-10-13-22-17-12-9-11-16(15-17)20-24-18(3,4)19(5,6)25-20/h9,11-12,15H,7-8,10,13-14H2,1-6H3. The third-order valence-corrected chi connectivity index (χ3v) is 7.83. The lowest BCUT2D eigenvalue weighted by atomic mass is 9.79. The van der Waals surface area contributed by atoms with Crippen molar-refractivity contribution < 1.29 is 23.1 Å². The van der Waals surface area contributed by atoms with Crippen molar-refractivity contribution in [3.8, 4) is 5.75 Å². The van der Waals surface area contributed by atoms with E-state index in [1.54, 1.807) is 0 Å². The largest absolute Gasteiger partial charge is 0.494 e. The zero-order valence-corrected chi connectivity index (χ0v) is 17.8. The Balaban J connectivity index is 1.91. The van der Waals surface area contributed by atoms with Gasteiger partial charge in [-0.15, -0.1) is 0 Å². The van der Waals surface area contributed by atoms with E-state index in [-0.39, 0.29) is 11.2 Å². The van der Waals surface area contributed by atoms with E-state index in [1.807, 2.05) is 65.8 Å². The Hall–Kier alpha value is -0.805. The molecule has 2 rings (SSSR count). The van der Waals surface area contributed by atoms with Crippen LogP contribution in [0.2, 0.25) is 0 Å². The molecule has 1 fully saturated rings. The third kappa shape index (κ3) is 5.13. The van der Waals surface area contributed by atoms with Gasteiger partial charge in [0, 0.05) is 12.3 Å². The third-order valence-electron chi connectivity index (χ3n) is 5.14. The van der Waals surface area contributed by atoms with Crippen molar-refractivity contribution in [2.75, 3.05) is 25.5 Å². The fourth-order valence-corrected chi connectivity index (χ4v) is 4.48. The lowest BCUT2D eigenvalue weighted by molar-refractivity contribution is 0.00578. The number of benzene rings is 1. The maximum Gasteiger partial charge on any atom is 0.494 e. The highest BCUT2D eigenvalue weighted by molar-refractivity contribution is 7.58. The molecule has 0 N–H and O–H groups in total. The fraction of sp³-hybridized carbons (Fsp3) is 0.684. The minimum absolute atomic E-state index is 0.366. The lowest BCUT2D eigenvalue weighted by Gasteiger charge is -2.32.